The molecule has 1 aromatic carbocycles. The van der Waals surface area contributed by atoms with Crippen molar-refractivity contribution in [2.45, 2.75) is 13.5 Å². The van der Waals surface area contributed by atoms with Gasteiger partial charge in [0.25, 0.3) is 0 Å². The number of benzene rings is 1. The number of aromatic nitrogens is 2. The minimum Gasteiger partial charge on any atom is -0.384 e. The average molecular weight is 223 g/mol. The van der Waals surface area contributed by atoms with Crippen molar-refractivity contribution < 1.29 is 8.78 Å². The summed E-state index contributed by atoms with van der Waals surface area (Å²) in [6, 6.07) is 5.40. The molecule has 1 aromatic heterocycles. The highest BCUT2D eigenvalue weighted by atomic mass is 19.1. The van der Waals surface area contributed by atoms with Crippen LogP contribution in [0, 0.1) is 18.6 Å². The van der Waals surface area contributed by atoms with Crippen LogP contribution in [0.2, 0.25) is 0 Å². The largest absolute Gasteiger partial charge is 0.384 e. The van der Waals surface area contributed by atoms with E-state index in [1.54, 1.807) is 13.0 Å². The van der Waals surface area contributed by atoms with Gasteiger partial charge in [0.1, 0.15) is 17.5 Å². The van der Waals surface area contributed by atoms with E-state index in [-0.39, 0.29) is 12.1 Å². The molecule has 16 heavy (non-hydrogen) atoms. The summed E-state index contributed by atoms with van der Waals surface area (Å²) < 4.78 is 28.1. The third-order valence-electron chi connectivity index (χ3n) is 2.30. The first-order chi connectivity index (χ1) is 7.58. The minimum absolute atomic E-state index is 0.00181. The molecule has 0 saturated heterocycles. The number of nitrogens with two attached hydrogens (primary N) is 1. The van der Waals surface area contributed by atoms with Crippen molar-refractivity contribution in [1.29, 1.82) is 0 Å². The van der Waals surface area contributed by atoms with E-state index >= 15 is 0 Å². The summed E-state index contributed by atoms with van der Waals surface area (Å²) in [6.07, 6.45) is 0. The van der Waals surface area contributed by atoms with E-state index in [1.807, 2.05) is 0 Å². The number of nitrogen functional groups attached to an aromatic ring is 1. The molecule has 0 aliphatic heterocycles. The molecule has 0 atom stereocenters. The summed E-state index contributed by atoms with van der Waals surface area (Å²) in [5.41, 5.74) is 6.33. The molecule has 2 aromatic rings. The lowest BCUT2D eigenvalue weighted by molar-refractivity contribution is 0.534. The first-order valence-electron chi connectivity index (χ1n) is 4.81. The fraction of sp³-hybridized carbons (Fsp3) is 0.182. The number of nitrogens with zero attached hydrogens (tertiary/aromatic N) is 2. The summed E-state index contributed by atoms with van der Waals surface area (Å²) in [5, 5.41) is 4.05. The fourth-order valence-corrected chi connectivity index (χ4v) is 1.53. The SMILES string of the molecule is Cc1cc(N)n(Cc2c(F)cccc2F)n1. The van der Waals surface area contributed by atoms with E-state index in [4.69, 9.17) is 5.73 Å². The van der Waals surface area contributed by atoms with Crippen LogP contribution < -0.4 is 5.73 Å². The highest BCUT2D eigenvalue weighted by molar-refractivity contribution is 5.32. The van der Waals surface area contributed by atoms with Crippen LogP contribution in [-0.2, 0) is 6.54 Å². The van der Waals surface area contributed by atoms with Crippen LogP contribution in [0.5, 0.6) is 0 Å². The summed E-state index contributed by atoms with van der Waals surface area (Å²) in [6.45, 7) is 1.77. The number of halogens is 2. The zero-order valence-corrected chi connectivity index (χ0v) is 8.74. The standard InChI is InChI=1S/C11H11F2N3/c1-7-5-11(14)16(15-7)6-8-9(12)3-2-4-10(8)13/h2-5H,6,14H2,1H3. The molecule has 2 N–H and O–H groups in total. The zero-order chi connectivity index (χ0) is 11.7. The second-order valence-electron chi connectivity index (χ2n) is 3.57. The summed E-state index contributed by atoms with van der Waals surface area (Å²) in [7, 11) is 0. The van der Waals surface area contributed by atoms with Crippen molar-refractivity contribution in [1.82, 2.24) is 9.78 Å². The zero-order valence-electron chi connectivity index (χ0n) is 8.74. The van der Waals surface area contributed by atoms with Gasteiger partial charge >= 0.3 is 0 Å². The molecule has 0 aliphatic rings. The lowest BCUT2D eigenvalue weighted by atomic mass is 10.2. The normalized spacial score (nSPS) is 10.7. The number of aryl methyl sites for hydroxylation is 1. The highest BCUT2D eigenvalue weighted by Gasteiger charge is 2.11. The quantitative estimate of drug-likeness (QED) is 0.847. The number of rotatable bonds is 2. The first-order valence-corrected chi connectivity index (χ1v) is 4.81. The van der Waals surface area contributed by atoms with E-state index in [0.717, 1.165) is 0 Å². The molecule has 84 valence electrons. The van der Waals surface area contributed by atoms with Gasteiger partial charge in [-0.3, -0.25) is 0 Å². The maximum absolute atomic E-state index is 13.4. The number of hydrogen-bond acceptors (Lipinski definition) is 2. The van der Waals surface area contributed by atoms with Crippen molar-refractivity contribution in [2.75, 3.05) is 5.73 Å². The number of anilines is 1. The van der Waals surface area contributed by atoms with E-state index in [2.05, 4.69) is 5.10 Å². The van der Waals surface area contributed by atoms with Crippen LogP contribution in [0.25, 0.3) is 0 Å². The third kappa shape index (κ3) is 1.88. The van der Waals surface area contributed by atoms with Crippen molar-refractivity contribution in [2.24, 2.45) is 0 Å². The highest BCUT2D eigenvalue weighted by Crippen LogP contribution is 2.15. The third-order valence-corrected chi connectivity index (χ3v) is 2.30. The van der Waals surface area contributed by atoms with E-state index in [0.29, 0.717) is 11.5 Å². The number of hydrogen-bond donors (Lipinski definition) is 1. The van der Waals surface area contributed by atoms with Gasteiger partial charge in [0.2, 0.25) is 0 Å². The Hall–Kier alpha value is -1.91. The Morgan fingerprint density at radius 3 is 2.44 bits per heavy atom. The molecule has 0 bridgehead atoms. The smallest absolute Gasteiger partial charge is 0.131 e. The van der Waals surface area contributed by atoms with Crippen molar-refractivity contribution >= 4 is 5.82 Å². The van der Waals surface area contributed by atoms with Crippen molar-refractivity contribution in [3.8, 4) is 0 Å². The van der Waals surface area contributed by atoms with Gasteiger partial charge in [-0.15, -0.1) is 0 Å². The Morgan fingerprint density at radius 2 is 1.94 bits per heavy atom. The Morgan fingerprint density at radius 1 is 1.31 bits per heavy atom. The van der Waals surface area contributed by atoms with Crippen LogP contribution in [0.4, 0.5) is 14.6 Å². The second-order valence-corrected chi connectivity index (χ2v) is 3.57. The molecule has 0 spiro atoms. The fourth-order valence-electron chi connectivity index (χ4n) is 1.53. The van der Waals surface area contributed by atoms with Gasteiger partial charge < -0.3 is 5.73 Å². The Kier molecular flexibility index (Phi) is 2.60. The van der Waals surface area contributed by atoms with Gasteiger partial charge in [-0.1, -0.05) is 6.07 Å². The molecule has 0 fully saturated rings. The monoisotopic (exact) mass is 223 g/mol. The van der Waals surface area contributed by atoms with Gasteiger partial charge in [0.15, 0.2) is 0 Å². The summed E-state index contributed by atoms with van der Waals surface area (Å²) in [5.74, 6) is -0.791. The molecule has 0 radical (unpaired) electrons. The Balaban J connectivity index is 2.37. The molecule has 0 saturated carbocycles. The van der Waals surface area contributed by atoms with Gasteiger partial charge in [-0.05, 0) is 19.1 Å². The molecule has 0 aliphatic carbocycles. The Bertz CT molecular complexity index is 500. The molecular weight excluding hydrogens is 212 g/mol. The topological polar surface area (TPSA) is 43.8 Å². The maximum Gasteiger partial charge on any atom is 0.131 e. The molecular formula is C11H11F2N3. The van der Waals surface area contributed by atoms with Crippen LogP contribution in [0.15, 0.2) is 24.3 Å². The van der Waals surface area contributed by atoms with E-state index in [9.17, 15) is 8.78 Å². The molecule has 1 heterocycles. The maximum atomic E-state index is 13.4. The van der Waals surface area contributed by atoms with E-state index in [1.165, 1.54) is 22.9 Å². The second kappa shape index (κ2) is 3.92. The summed E-state index contributed by atoms with van der Waals surface area (Å²) in [4.78, 5) is 0. The van der Waals surface area contributed by atoms with Crippen LogP contribution in [0.1, 0.15) is 11.3 Å². The summed E-state index contributed by atoms with van der Waals surface area (Å²) >= 11 is 0. The van der Waals surface area contributed by atoms with Crippen LogP contribution >= 0.6 is 0 Å². The molecule has 2 rings (SSSR count). The molecule has 3 nitrogen and oxygen atoms in total. The Labute approximate surface area is 91.5 Å². The minimum atomic E-state index is -0.590. The van der Waals surface area contributed by atoms with Gasteiger partial charge in [-0.2, -0.15) is 5.10 Å². The molecule has 0 unspecified atom stereocenters. The van der Waals surface area contributed by atoms with Gasteiger partial charge in [0.05, 0.1) is 12.2 Å². The van der Waals surface area contributed by atoms with E-state index < -0.39 is 11.6 Å². The lowest BCUT2D eigenvalue weighted by Crippen LogP contribution is -2.09. The van der Waals surface area contributed by atoms with Crippen molar-refractivity contribution in [3.63, 3.8) is 0 Å². The van der Waals surface area contributed by atoms with Gasteiger partial charge in [0, 0.05) is 11.6 Å². The lowest BCUT2D eigenvalue weighted by Gasteiger charge is -2.06. The van der Waals surface area contributed by atoms with Crippen LogP contribution in [-0.4, -0.2) is 9.78 Å². The van der Waals surface area contributed by atoms with Crippen LogP contribution in [0.3, 0.4) is 0 Å². The first kappa shape index (κ1) is 10.6. The molecule has 5 heteroatoms. The molecule has 0 amide bonds. The van der Waals surface area contributed by atoms with Crippen molar-refractivity contribution in [3.05, 3.63) is 47.2 Å². The predicted molar refractivity (Wildman–Crippen MR) is 56.8 cm³/mol. The van der Waals surface area contributed by atoms with Gasteiger partial charge in [-0.25, -0.2) is 13.5 Å². The predicted octanol–water partition coefficient (Wildman–Crippen LogP) is 2.10. The average Bonchev–Trinajstić information content (AvgIpc) is 2.51.